The highest BCUT2D eigenvalue weighted by Gasteiger charge is 2.21. The second-order valence-corrected chi connectivity index (χ2v) is 4.57. The van der Waals surface area contributed by atoms with Gasteiger partial charge in [-0.1, -0.05) is 0 Å². The smallest absolute Gasteiger partial charge is 0.312 e. The first-order chi connectivity index (χ1) is 9.06. The SMILES string of the molecule is NC(=O)NC1CCCN(c2ccc([N+](=O)[O-])cc2)C1. The van der Waals surface area contributed by atoms with E-state index in [1.165, 1.54) is 12.1 Å². The van der Waals surface area contributed by atoms with Crippen LogP contribution in [0.4, 0.5) is 16.2 Å². The zero-order valence-electron chi connectivity index (χ0n) is 10.4. The summed E-state index contributed by atoms with van der Waals surface area (Å²) in [5.41, 5.74) is 6.11. The fourth-order valence-electron chi connectivity index (χ4n) is 2.32. The molecule has 1 aliphatic rings. The maximum atomic E-state index is 10.8. The van der Waals surface area contributed by atoms with E-state index in [2.05, 4.69) is 10.2 Å². The van der Waals surface area contributed by atoms with Crippen molar-refractivity contribution in [3.63, 3.8) is 0 Å². The molecule has 0 aromatic heterocycles. The van der Waals surface area contributed by atoms with Crippen LogP contribution in [0, 0.1) is 10.1 Å². The first kappa shape index (κ1) is 13.1. The van der Waals surface area contributed by atoms with Gasteiger partial charge in [-0.05, 0) is 25.0 Å². The van der Waals surface area contributed by atoms with Crippen molar-refractivity contribution in [3.8, 4) is 0 Å². The average Bonchev–Trinajstić information content (AvgIpc) is 2.38. The number of urea groups is 1. The highest BCUT2D eigenvalue weighted by molar-refractivity contribution is 5.72. The van der Waals surface area contributed by atoms with E-state index in [0.29, 0.717) is 6.54 Å². The molecule has 1 aliphatic heterocycles. The van der Waals surface area contributed by atoms with Crippen LogP contribution in [0.5, 0.6) is 0 Å². The van der Waals surface area contributed by atoms with Gasteiger partial charge in [0.05, 0.1) is 4.92 Å². The molecule has 1 aromatic carbocycles. The van der Waals surface area contributed by atoms with E-state index in [4.69, 9.17) is 5.73 Å². The molecule has 1 fully saturated rings. The maximum Gasteiger partial charge on any atom is 0.312 e. The van der Waals surface area contributed by atoms with Crippen molar-refractivity contribution in [2.75, 3.05) is 18.0 Å². The molecule has 1 saturated heterocycles. The summed E-state index contributed by atoms with van der Waals surface area (Å²) in [5, 5.41) is 13.3. The van der Waals surface area contributed by atoms with Crippen LogP contribution in [0.2, 0.25) is 0 Å². The second kappa shape index (κ2) is 5.55. The quantitative estimate of drug-likeness (QED) is 0.633. The fraction of sp³-hybridized carbons (Fsp3) is 0.417. The molecule has 7 heteroatoms. The number of amides is 2. The molecule has 0 saturated carbocycles. The molecule has 1 unspecified atom stereocenters. The van der Waals surface area contributed by atoms with E-state index in [9.17, 15) is 14.9 Å². The monoisotopic (exact) mass is 264 g/mol. The van der Waals surface area contributed by atoms with Gasteiger partial charge in [0.1, 0.15) is 0 Å². The third-order valence-electron chi connectivity index (χ3n) is 3.19. The highest BCUT2D eigenvalue weighted by atomic mass is 16.6. The normalized spacial score (nSPS) is 18.9. The molecule has 0 aliphatic carbocycles. The molecule has 1 aromatic rings. The van der Waals surface area contributed by atoms with Crippen molar-refractivity contribution in [3.05, 3.63) is 34.4 Å². The number of nitrogens with zero attached hydrogens (tertiary/aromatic N) is 2. The van der Waals surface area contributed by atoms with Crippen molar-refractivity contribution in [2.45, 2.75) is 18.9 Å². The van der Waals surface area contributed by atoms with Crippen LogP contribution >= 0.6 is 0 Å². The molecule has 7 nitrogen and oxygen atoms in total. The Morgan fingerprint density at radius 2 is 2.11 bits per heavy atom. The maximum absolute atomic E-state index is 10.8. The summed E-state index contributed by atoms with van der Waals surface area (Å²) in [7, 11) is 0. The number of rotatable bonds is 3. The number of nitrogens with two attached hydrogens (primary N) is 1. The lowest BCUT2D eigenvalue weighted by molar-refractivity contribution is -0.384. The molecule has 19 heavy (non-hydrogen) atoms. The standard InChI is InChI=1S/C12H16N4O3/c13-12(17)14-9-2-1-7-15(8-9)10-3-5-11(6-4-10)16(18)19/h3-6,9H,1-2,7-8H2,(H3,13,14,17). The first-order valence-corrected chi connectivity index (χ1v) is 6.11. The van der Waals surface area contributed by atoms with Gasteiger partial charge in [-0.3, -0.25) is 10.1 Å². The van der Waals surface area contributed by atoms with E-state index < -0.39 is 11.0 Å². The van der Waals surface area contributed by atoms with Gasteiger partial charge in [-0.25, -0.2) is 4.79 Å². The third-order valence-corrected chi connectivity index (χ3v) is 3.19. The molecule has 0 spiro atoms. The molecule has 0 bridgehead atoms. The summed E-state index contributed by atoms with van der Waals surface area (Å²) in [4.78, 5) is 23.1. The lowest BCUT2D eigenvalue weighted by atomic mass is 10.0. The Morgan fingerprint density at radius 3 is 2.68 bits per heavy atom. The van der Waals surface area contributed by atoms with Crippen molar-refractivity contribution in [1.29, 1.82) is 0 Å². The molecule has 3 N–H and O–H groups in total. The second-order valence-electron chi connectivity index (χ2n) is 4.57. The Morgan fingerprint density at radius 1 is 1.42 bits per heavy atom. The molecule has 2 amide bonds. The number of benzene rings is 1. The summed E-state index contributed by atoms with van der Waals surface area (Å²) in [6.45, 7) is 1.54. The van der Waals surface area contributed by atoms with Gasteiger partial charge in [0, 0.05) is 37.0 Å². The van der Waals surface area contributed by atoms with Gasteiger partial charge < -0.3 is 16.0 Å². The summed E-state index contributed by atoms with van der Waals surface area (Å²) < 4.78 is 0. The van der Waals surface area contributed by atoms with Gasteiger partial charge in [0.25, 0.3) is 5.69 Å². The molecule has 1 heterocycles. The Balaban J connectivity index is 2.04. The zero-order valence-corrected chi connectivity index (χ0v) is 10.4. The van der Waals surface area contributed by atoms with Gasteiger partial charge in [-0.2, -0.15) is 0 Å². The van der Waals surface area contributed by atoms with Crippen molar-refractivity contribution in [1.82, 2.24) is 5.32 Å². The number of nitro benzene ring substituents is 1. The minimum absolute atomic E-state index is 0.0291. The Bertz CT molecular complexity index is 474. The Labute approximate surface area is 110 Å². The van der Waals surface area contributed by atoms with E-state index in [0.717, 1.165) is 25.1 Å². The van der Waals surface area contributed by atoms with E-state index >= 15 is 0 Å². The van der Waals surface area contributed by atoms with Crippen LogP contribution in [-0.2, 0) is 0 Å². The number of piperidine rings is 1. The Kier molecular flexibility index (Phi) is 3.84. The summed E-state index contributed by atoms with van der Waals surface area (Å²) in [6.07, 6.45) is 1.84. The number of hydrogen-bond acceptors (Lipinski definition) is 4. The number of non-ortho nitro benzene ring substituents is 1. The van der Waals surface area contributed by atoms with E-state index in [1.54, 1.807) is 12.1 Å². The summed E-state index contributed by atoms with van der Waals surface area (Å²) in [5.74, 6) is 0. The molecular weight excluding hydrogens is 248 g/mol. The van der Waals surface area contributed by atoms with Crippen molar-refractivity contribution in [2.24, 2.45) is 5.73 Å². The molecule has 102 valence electrons. The first-order valence-electron chi connectivity index (χ1n) is 6.11. The number of carbonyl (C=O) groups excluding carboxylic acids is 1. The van der Waals surface area contributed by atoms with Crippen LogP contribution in [0.1, 0.15) is 12.8 Å². The number of nitrogens with one attached hydrogen (secondary N) is 1. The van der Waals surface area contributed by atoms with Crippen LogP contribution in [0.3, 0.4) is 0 Å². The topological polar surface area (TPSA) is 102 Å². The number of anilines is 1. The lowest BCUT2D eigenvalue weighted by Gasteiger charge is -2.34. The van der Waals surface area contributed by atoms with Crippen LogP contribution in [0.15, 0.2) is 24.3 Å². The summed E-state index contributed by atoms with van der Waals surface area (Å²) in [6, 6.07) is 5.94. The van der Waals surface area contributed by atoms with Crippen LogP contribution in [-0.4, -0.2) is 30.1 Å². The molecule has 1 atom stereocenters. The van der Waals surface area contributed by atoms with Crippen LogP contribution in [0.25, 0.3) is 0 Å². The van der Waals surface area contributed by atoms with Gasteiger partial charge in [0.15, 0.2) is 0 Å². The number of primary amides is 1. The fourth-order valence-corrected chi connectivity index (χ4v) is 2.32. The van der Waals surface area contributed by atoms with Crippen molar-refractivity contribution < 1.29 is 9.72 Å². The largest absolute Gasteiger partial charge is 0.369 e. The van der Waals surface area contributed by atoms with Gasteiger partial charge in [-0.15, -0.1) is 0 Å². The van der Waals surface area contributed by atoms with Crippen molar-refractivity contribution >= 4 is 17.4 Å². The van der Waals surface area contributed by atoms with Crippen LogP contribution < -0.4 is 16.0 Å². The van der Waals surface area contributed by atoms with Gasteiger partial charge >= 0.3 is 6.03 Å². The number of hydrogen-bond donors (Lipinski definition) is 2. The number of nitro groups is 1. The van der Waals surface area contributed by atoms with E-state index in [-0.39, 0.29) is 11.7 Å². The molecule has 2 rings (SSSR count). The third kappa shape index (κ3) is 3.34. The average molecular weight is 264 g/mol. The Hall–Kier alpha value is -2.31. The molecule has 0 radical (unpaired) electrons. The minimum atomic E-state index is -0.518. The minimum Gasteiger partial charge on any atom is -0.369 e. The molecular formula is C12H16N4O3. The predicted octanol–water partition coefficient (Wildman–Crippen LogP) is 1.23. The number of carbonyl (C=O) groups is 1. The lowest BCUT2D eigenvalue weighted by Crippen LogP contribution is -2.49. The zero-order chi connectivity index (χ0) is 13.8. The van der Waals surface area contributed by atoms with Gasteiger partial charge in [0.2, 0.25) is 0 Å². The summed E-state index contributed by atoms with van der Waals surface area (Å²) >= 11 is 0. The predicted molar refractivity (Wildman–Crippen MR) is 71.1 cm³/mol. The highest BCUT2D eigenvalue weighted by Crippen LogP contribution is 2.22. The van der Waals surface area contributed by atoms with E-state index in [1.807, 2.05) is 0 Å².